The molecule has 1 aromatic heterocycles. The topological polar surface area (TPSA) is 78.0 Å². The van der Waals surface area contributed by atoms with Crippen molar-refractivity contribution in [3.63, 3.8) is 0 Å². The number of hydrogen-bond acceptors (Lipinski definition) is 3. The molecule has 0 radical (unpaired) electrons. The van der Waals surface area contributed by atoms with Crippen molar-refractivity contribution in [3.05, 3.63) is 35.7 Å². The van der Waals surface area contributed by atoms with Crippen molar-refractivity contribution in [3.8, 4) is 0 Å². The zero-order valence-electron chi connectivity index (χ0n) is 10.3. The number of carboxylic acid groups (broad SMARTS) is 1. The Balaban J connectivity index is 2.36. The van der Waals surface area contributed by atoms with Crippen molar-refractivity contribution >= 4 is 23.1 Å². The summed E-state index contributed by atoms with van der Waals surface area (Å²) in [5, 5.41) is 11.7. The van der Waals surface area contributed by atoms with Crippen molar-refractivity contribution in [2.45, 2.75) is 13.0 Å². The van der Waals surface area contributed by atoms with Gasteiger partial charge in [0.25, 0.3) is 0 Å². The summed E-state index contributed by atoms with van der Waals surface area (Å²) in [5.74, 6) is -0.0870. The van der Waals surface area contributed by atoms with Gasteiger partial charge in [0.05, 0.1) is 17.1 Å². The largest absolute Gasteiger partial charge is 0.478 e. The van der Waals surface area contributed by atoms with E-state index in [-0.39, 0.29) is 6.04 Å². The molecule has 0 unspecified atom stereocenters. The highest BCUT2D eigenvalue weighted by Gasteiger charge is 2.08. The lowest BCUT2D eigenvalue weighted by Crippen LogP contribution is -2.13. The van der Waals surface area contributed by atoms with Crippen LogP contribution in [0.2, 0.25) is 0 Å². The van der Waals surface area contributed by atoms with Gasteiger partial charge in [0, 0.05) is 6.08 Å². The number of carboxylic acids is 1. The van der Waals surface area contributed by atoms with E-state index in [0.29, 0.717) is 0 Å². The molecule has 1 aromatic carbocycles. The van der Waals surface area contributed by atoms with Crippen LogP contribution in [0.5, 0.6) is 0 Å². The highest BCUT2D eigenvalue weighted by atomic mass is 16.4. The number of aromatic amines is 1. The van der Waals surface area contributed by atoms with E-state index in [0.717, 1.165) is 28.5 Å². The number of carbonyl (C=O) groups is 1. The summed E-state index contributed by atoms with van der Waals surface area (Å²) in [6.07, 6.45) is 2.68. The first-order valence-electron chi connectivity index (χ1n) is 5.68. The third-order valence-corrected chi connectivity index (χ3v) is 2.79. The molecule has 0 spiro atoms. The molecule has 0 saturated carbocycles. The van der Waals surface area contributed by atoms with E-state index in [1.807, 2.05) is 32.2 Å². The molecule has 1 atom stereocenters. The van der Waals surface area contributed by atoms with Gasteiger partial charge in [-0.15, -0.1) is 0 Å². The maximum absolute atomic E-state index is 10.5. The average Bonchev–Trinajstić information content (AvgIpc) is 2.78. The van der Waals surface area contributed by atoms with Crippen molar-refractivity contribution in [2.75, 3.05) is 7.05 Å². The molecule has 0 aliphatic rings. The van der Waals surface area contributed by atoms with Crippen LogP contribution in [-0.2, 0) is 4.79 Å². The fraction of sp³-hybridized carbons (Fsp3) is 0.231. The molecule has 5 nitrogen and oxygen atoms in total. The van der Waals surface area contributed by atoms with E-state index in [1.165, 1.54) is 0 Å². The Morgan fingerprint density at radius 1 is 1.56 bits per heavy atom. The molecular weight excluding hydrogens is 230 g/mol. The SMILES string of the molecule is CN[C@H](C)c1nc2ccc(/C=C/C(=O)O)cc2[nH]1. The minimum Gasteiger partial charge on any atom is -0.478 e. The minimum atomic E-state index is -0.954. The normalized spacial score (nSPS) is 13.2. The maximum atomic E-state index is 10.5. The zero-order chi connectivity index (χ0) is 13.1. The summed E-state index contributed by atoms with van der Waals surface area (Å²) < 4.78 is 0. The molecule has 94 valence electrons. The van der Waals surface area contributed by atoms with Gasteiger partial charge < -0.3 is 15.4 Å². The molecule has 2 rings (SSSR count). The van der Waals surface area contributed by atoms with Crippen molar-refractivity contribution in [2.24, 2.45) is 0 Å². The van der Waals surface area contributed by atoms with Crippen molar-refractivity contribution in [1.82, 2.24) is 15.3 Å². The van der Waals surface area contributed by atoms with Crippen LogP contribution in [0.25, 0.3) is 17.1 Å². The van der Waals surface area contributed by atoms with Gasteiger partial charge in [-0.05, 0) is 37.7 Å². The lowest BCUT2D eigenvalue weighted by Gasteiger charge is -2.04. The highest BCUT2D eigenvalue weighted by Crippen LogP contribution is 2.17. The molecule has 0 fully saturated rings. The first-order chi connectivity index (χ1) is 8.60. The number of hydrogen-bond donors (Lipinski definition) is 3. The fourth-order valence-corrected chi connectivity index (χ4v) is 1.66. The van der Waals surface area contributed by atoms with Crippen LogP contribution >= 0.6 is 0 Å². The fourth-order valence-electron chi connectivity index (χ4n) is 1.66. The molecular formula is C13H15N3O2. The number of rotatable bonds is 4. The van der Waals surface area contributed by atoms with Crippen LogP contribution in [0, 0.1) is 0 Å². The second kappa shape index (κ2) is 5.01. The Morgan fingerprint density at radius 3 is 3.00 bits per heavy atom. The van der Waals surface area contributed by atoms with Crippen LogP contribution in [0.15, 0.2) is 24.3 Å². The van der Waals surface area contributed by atoms with Gasteiger partial charge in [0.15, 0.2) is 0 Å². The number of nitrogens with zero attached hydrogens (tertiary/aromatic N) is 1. The summed E-state index contributed by atoms with van der Waals surface area (Å²) >= 11 is 0. The van der Waals surface area contributed by atoms with Crippen LogP contribution in [0.4, 0.5) is 0 Å². The maximum Gasteiger partial charge on any atom is 0.328 e. The molecule has 0 saturated heterocycles. The molecule has 0 aliphatic heterocycles. The van der Waals surface area contributed by atoms with Crippen molar-refractivity contribution < 1.29 is 9.90 Å². The van der Waals surface area contributed by atoms with Crippen molar-refractivity contribution in [1.29, 1.82) is 0 Å². The molecule has 5 heteroatoms. The van der Waals surface area contributed by atoms with Gasteiger partial charge in [-0.2, -0.15) is 0 Å². The van der Waals surface area contributed by atoms with Gasteiger partial charge in [0.2, 0.25) is 0 Å². The van der Waals surface area contributed by atoms with E-state index in [4.69, 9.17) is 5.11 Å². The number of H-pyrrole nitrogens is 1. The van der Waals surface area contributed by atoms with E-state index >= 15 is 0 Å². The number of nitrogens with one attached hydrogen (secondary N) is 2. The summed E-state index contributed by atoms with van der Waals surface area (Å²) in [5.41, 5.74) is 2.61. The molecule has 2 aromatic rings. The number of imidazole rings is 1. The standard InChI is InChI=1S/C13H15N3O2/c1-8(14-2)13-15-10-5-3-9(4-6-12(17)18)7-11(10)16-13/h3-8,14H,1-2H3,(H,15,16)(H,17,18)/b6-4+/t8-/m1/s1. The summed E-state index contributed by atoms with van der Waals surface area (Å²) in [4.78, 5) is 18.1. The minimum absolute atomic E-state index is 0.149. The predicted octanol–water partition coefficient (Wildman–Crippen LogP) is 1.94. The third-order valence-electron chi connectivity index (χ3n) is 2.79. The monoisotopic (exact) mass is 245 g/mol. The van der Waals surface area contributed by atoms with Crippen LogP contribution in [-0.4, -0.2) is 28.1 Å². The van der Waals surface area contributed by atoms with E-state index in [2.05, 4.69) is 15.3 Å². The highest BCUT2D eigenvalue weighted by molar-refractivity contribution is 5.86. The molecule has 0 aliphatic carbocycles. The molecule has 0 amide bonds. The van der Waals surface area contributed by atoms with Crippen LogP contribution in [0.3, 0.4) is 0 Å². The first kappa shape index (κ1) is 12.3. The van der Waals surface area contributed by atoms with E-state index in [1.54, 1.807) is 6.08 Å². The Hall–Kier alpha value is -2.14. The average molecular weight is 245 g/mol. The van der Waals surface area contributed by atoms with E-state index in [9.17, 15) is 4.79 Å². The number of aromatic nitrogens is 2. The lowest BCUT2D eigenvalue weighted by atomic mass is 10.2. The molecule has 18 heavy (non-hydrogen) atoms. The Bertz CT molecular complexity index is 601. The Labute approximate surface area is 105 Å². The Morgan fingerprint density at radius 2 is 2.33 bits per heavy atom. The van der Waals surface area contributed by atoms with E-state index < -0.39 is 5.97 Å². The summed E-state index contributed by atoms with van der Waals surface area (Å²) in [6.45, 7) is 2.02. The van der Waals surface area contributed by atoms with Gasteiger partial charge in [-0.1, -0.05) is 6.07 Å². The molecule has 1 heterocycles. The zero-order valence-corrected chi connectivity index (χ0v) is 10.3. The smallest absolute Gasteiger partial charge is 0.328 e. The molecule has 0 bridgehead atoms. The van der Waals surface area contributed by atoms with Gasteiger partial charge in [-0.3, -0.25) is 0 Å². The third kappa shape index (κ3) is 2.57. The second-order valence-corrected chi connectivity index (χ2v) is 4.08. The first-order valence-corrected chi connectivity index (χ1v) is 5.68. The summed E-state index contributed by atoms with van der Waals surface area (Å²) in [7, 11) is 1.87. The van der Waals surface area contributed by atoms with Crippen LogP contribution in [0.1, 0.15) is 24.4 Å². The Kier molecular flexibility index (Phi) is 3.43. The van der Waals surface area contributed by atoms with Gasteiger partial charge >= 0.3 is 5.97 Å². The van der Waals surface area contributed by atoms with Gasteiger partial charge in [-0.25, -0.2) is 9.78 Å². The molecule has 3 N–H and O–H groups in total. The van der Waals surface area contributed by atoms with Gasteiger partial charge in [0.1, 0.15) is 5.82 Å². The van der Waals surface area contributed by atoms with Crippen LogP contribution < -0.4 is 5.32 Å². The number of benzene rings is 1. The second-order valence-electron chi connectivity index (χ2n) is 4.08. The lowest BCUT2D eigenvalue weighted by molar-refractivity contribution is -0.131. The number of fused-ring (bicyclic) bond motifs is 1. The number of aliphatic carboxylic acids is 1. The summed E-state index contributed by atoms with van der Waals surface area (Å²) in [6, 6.07) is 5.75. The quantitative estimate of drug-likeness (QED) is 0.719. The predicted molar refractivity (Wildman–Crippen MR) is 70.2 cm³/mol.